The quantitative estimate of drug-likeness (QED) is 0.292. The number of thioether (sulfide) groups is 1. The summed E-state index contributed by atoms with van der Waals surface area (Å²) < 4.78 is 7.86. The Kier molecular flexibility index (Phi) is 5.94. The van der Waals surface area contributed by atoms with Gasteiger partial charge in [-0.25, -0.2) is 0 Å². The lowest BCUT2D eigenvalue weighted by molar-refractivity contribution is -0.115. The molecule has 170 valence electrons. The summed E-state index contributed by atoms with van der Waals surface area (Å²) in [7, 11) is 0. The van der Waals surface area contributed by atoms with Crippen molar-refractivity contribution in [3.8, 4) is 11.5 Å². The molecule has 0 spiro atoms. The number of rotatable bonds is 6. The van der Waals surface area contributed by atoms with E-state index in [1.165, 1.54) is 11.8 Å². The highest BCUT2D eigenvalue weighted by Crippen LogP contribution is 2.30. The number of nitrogens with one attached hydrogen (secondary N) is 1. The minimum absolute atomic E-state index is 0.105. The van der Waals surface area contributed by atoms with Crippen LogP contribution in [0.1, 0.15) is 18.1 Å². The molecule has 5 aromatic rings. The molecule has 0 saturated carbocycles. The van der Waals surface area contributed by atoms with Crippen LogP contribution in [-0.4, -0.2) is 25.8 Å². The molecule has 0 aliphatic heterocycles. The van der Waals surface area contributed by atoms with E-state index in [0.29, 0.717) is 16.6 Å². The minimum Gasteiger partial charge on any atom is -0.457 e. The minimum atomic E-state index is -0.368. The Labute approximate surface area is 202 Å². The summed E-state index contributed by atoms with van der Waals surface area (Å²) >= 11 is 1.39. The SMILES string of the molecule is Cc1cc2nnc(SC(C)C(=O)Nc3ccc(Oc4ccccc4)cc3)n2c2c(C)cccc12. The number of anilines is 1. The van der Waals surface area contributed by atoms with E-state index in [1.54, 1.807) is 0 Å². The average Bonchev–Trinajstić information content (AvgIpc) is 3.23. The van der Waals surface area contributed by atoms with Gasteiger partial charge in [0.1, 0.15) is 11.5 Å². The van der Waals surface area contributed by atoms with Crippen molar-refractivity contribution in [2.75, 3.05) is 5.32 Å². The molecule has 7 heteroatoms. The molecule has 2 heterocycles. The van der Waals surface area contributed by atoms with E-state index >= 15 is 0 Å². The number of ether oxygens (including phenoxy) is 1. The Morgan fingerprint density at radius 1 is 0.912 bits per heavy atom. The van der Waals surface area contributed by atoms with E-state index in [1.807, 2.05) is 72.0 Å². The van der Waals surface area contributed by atoms with Crippen LogP contribution in [0.3, 0.4) is 0 Å². The lowest BCUT2D eigenvalue weighted by Crippen LogP contribution is -2.22. The van der Waals surface area contributed by atoms with Gasteiger partial charge < -0.3 is 10.1 Å². The zero-order chi connectivity index (χ0) is 23.7. The number of carbonyl (C=O) groups excluding carboxylic acids is 1. The Morgan fingerprint density at radius 3 is 2.41 bits per heavy atom. The summed E-state index contributed by atoms with van der Waals surface area (Å²) in [5, 5.41) is 13.2. The zero-order valence-electron chi connectivity index (χ0n) is 19.1. The second-order valence-electron chi connectivity index (χ2n) is 8.16. The number of carbonyl (C=O) groups is 1. The van der Waals surface area contributed by atoms with Crippen molar-refractivity contribution in [3.05, 3.63) is 90.0 Å². The number of para-hydroxylation sites is 2. The van der Waals surface area contributed by atoms with Crippen molar-refractivity contribution in [2.24, 2.45) is 0 Å². The number of aryl methyl sites for hydroxylation is 2. The molecule has 0 fully saturated rings. The van der Waals surface area contributed by atoms with Gasteiger partial charge >= 0.3 is 0 Å². The van der Waals surface area contributed by atoms with Gasteiger partial charge in [0, 0.05) is 11.1 Å². The molecule has 1 amide bonds. The molecule has 0 aliphatic rings. The smallest absolute Gasteiger partial charge is 0.237 e. The molecule has 0 bridgehead atoms. The van der Waals surface area contributed by atoms with Gasteiger partial charge in [-0.3, -0.25) is 9.20 Å². The molecule has 2 aromatic heterocycles. The fraction of sp³-hybridized carbons (Fsp3) is 0.148. The Balaban J connectivity index is 1.32. The fourth-order valence-electron chi connectivity index (χ4n) is 3.89. The number of benzene rings is 3. The van der Waals surface area contributed by atoms with Crippen LogP contribution in [0.5, 0.6) is 11.5 Å². The monoisotopic (exact) mass is 468 g/mol. The van der Waals surface area contributed by atoms with Crippen LogP contribution in [0, 0.1) is 13.8 Å². The van der Waals surface area contributed by atoms with Crippen LogP contribution in [0.4, 0.5) is 5.69 Å². The lowest BCUT2D eigenvalue weighted by atomic mass is 10.1. The number of hydrogen-bond donors (Lipinski definition) is 1. The van der Waals surface area contributed by atoms with Crippen molar-refractivity contribution in [1.82, 2.24) is 14.6 Å². The molecule has 0 saturated heterocycles. The van der Waals surface area contributed by atoms with Gasteiger partial charge in [-0.05, 0) is 74.4 Å². The first kappa shape index (κ1) is 22.0. The molecule has 3 aromatic carbocycles. The maximum Gasteiger partial charge on any atom is 0.237 e. The molecule has 0 radical (unpaired) electrons. The molecule has 5 rings (SSSR count). The van der Waals surface area contributed by atoms with Gasteiger partial charge in [0.05, 0.1) is 10.8 Å². The Bertz CT molecular complexity index is 1480. The van der Waals surface area contributed by atoms with Crippen LogP contribution in [0.2, 0.25) is 0 Å². The molecular weight excluding hydrogens is 444 g/mol. The molecule has 34 heavy (non-hydrogen) atoms. The standard InChI is InChI=1S/C27H24N4O2S/c1-17-8-7-11-23-18(2)16-24-29-30-27(31(24)25(17)23)34-19(3)26(32)28-20-12-14-22(15-13-20)33-21-9-5-4-6-10-21/h4-16,19H,1-3H3,(H,28,32). The van der Waals surface area contributed by atoms with Gasteiger partial charge in [-0.1, -0.05) is 48.2 Å². The Morgan fingerprint density at radius 2 is 1.65 bits per heavy atom. The number of amides is 1. The molecule has 1 atom stereocenters. The van der Waals surface area contributed by atoms with Crippen LogP contribution >= 0.6 is 11.8 Å². The highest BCUT2D eigenvalue weighted by atomic mass is 32.2. The van der Waals surface area contributed by atoms with E-state index in [2.05, 4.69) is 47.6 Å². The van der Waals surface area contributed by atoms with Gasteiger partial charge in [0.15, 0.2) is 10.8 Å². The van der Waals surface area contributed by atoms with Crippen molar-refractivity contribution in [3.63, 3.8) is 0 Å². The summed E-state index contributed by atoms with van der Waals surface area (Å²) in [4.78, 5) is 12.9. The maximum absolute atomic E-state index is 12.9. The second kappa shape index (κ2) is 9.19. The largest absolute Gasteiger partial charge is 0.457 e. The fourth-order valence-corrected chi connectivity index (χ4v) is 4.75. The summed E-state index contributed by atoms with van der Waals surface area (Å²) in [5.74, 6) is 1.37. The molecule has 6 nitrogen and oxygen atoms in total. The van der Waals surface area contributed by atoms with Crippen LogP contribution in [0.25, 0.3) is 16.6 Å². The van der Waals surface area contributed by atoms with Crippen molar-refractivity contribution < 1.29 is 9.53 Å². The summed E-state index contributed by atoms with van der Waals surface area (Å²) in [6.45, 7) is 6.03. The summed E-state index contributed by atoms with van der Waals surface area (Å²) in [5.41, 5.74) is 4.86. The third-order valence-electron chi connectivity index (χ3n) is 5.64. The zero-order valence-corrected chi connectivity index (χ0v) is 20.0. The molecule has 1 N–H and O–H groups in total. The van der Waals surface area contributed by atoms with E-state index < -0.39 is 0 Å². The van der Waals surface area contributed by atoms with Gasteiger partial charge in [0.2, 0.25) is 5.91 Å². The van der Waals surface area contributed by atoms with Crippen LogP contribution in [0.15, 0.2) is 84.0 Å². The molecule has 1 unspecified atom stereocenters. The lowest BCUT2D eigenvalue weighted by Gasteiger charge is -2.13. The van der Waals surface area contributed by atoms with E-state index in [-0.39, 0.29) is 11.2 Å². The first-order valence-corrected chi connectivity index (χ1v) is 11.9. The van der Waals surface area contributed by atoms with Gasteiger partial charge in [-0.15, -0.1) is 10.2 Å². The van der Waals surface area contributed by atoms with Crippen molar-refractivity contribution in [1.29, 1.82) is 0 Å². The van der Waals surface area contributed by atoms with Gasteiger partial charge in [-0.2, -0.15) is 0 Å². The highest BCUT2D eigenvalue weighted by molar-refractivity contribution is 8.00. The van der Waals surface area contributed by atoms with Crippen molar-refractivity contribution in [2.45, 2.75) is 31.2 Å². The topological polar surface area (TPSA) is 68.5 Å². The van der Waals surface area contributed by atoms with Crippen LogP contribution in [-0.2, 0) is 4.79 Å². The summed E-state index contributed by atoms with van der Waals surface area (Å²) in [6, 6.07) is 25.2. The number of fused-ring (bicyclic) bond motifs is 3. The number of pyridine rings is 1. The normalized spacial score (nSPS) is 12.1. The second-order valence-corrected chi connectivity index (χ2v) is 9.47. The first-order valence-electron chi connectivity index (χ1n) is 11.0. The first-order chi connectivity index (χ1) is 16.5. The predicted molar refractivity (Wildman–Crippen MR) is 137 cm³/mol. The van der Waals surface area contributed by atoms with Crippen LogP contribution < -0.4 is 10.1 Å². The van der Waals surface area contributed by atoms with E-state index in [4.69, 9.17) is 4.74 Å². The Hall–Kier alpha value is -3.84. The number of aromatic nitrogens is 3. The van der Waals surface area contributed by atoms with Crippen molar-refractivity contribution >= 4 is 39.9 Å². The average molecular weight is 469 g/mol. The maximum atomic E-state index is 12.9. The predicted octanol–water partition coefficient (Wildman–Crippen LogP) is 6.41. The van der Waals surface area contributed by atoms with Gasteiger partial charge in [0.25, 0.3) is 0 Å². The third kappa shape index (κ3) is 4.34. The highest BCUT2D eigenvalue weighted by Gasteiger charge is 2.20. The third-order valence-corrected chi connectivity index (χ3v) is 6.69. The number of hydrogen-bond acceptors (Lipinski definition) is 5. The van der Waals surface area contributed by atoms with E-state index in [0.717, 1.165) is 33.4 Å². The molecule has 0 aliphatic carbocycles. The number of nitrogens with zero attached hydrogens (tertiary/aromatic N) is 3. The summed E-state index contributed by atoms with van der Waals surface area (Å²) in [6.07, 6.45) is 0. The van der Waals surface area contributed by atoms with E-state index in [9.17, 15) is 4.79 Å². The molecular formula is C27H24N4O2S.